The molecule has 4 heteroatoms. The van der Waals surface area contributed by atoms with Gasteiger partial charge in [-0.05, 0) is 198 Å². The third-order valence-electron chi connectivity index (χ3n) is 16.3. The number of ether oxygens (including phenoxy) is 2. The standard InChI is InChI=1S/C79H62O4/c1-77(2)82-75(78(80,71-47-63(55-27-11-3-12-28-55)43-64(48-71)56-29-13-4-14-30-56)72-49-65(57-31-15-5-16-32-57)44-66(50-72)58-33-17-6-18-34-58)76(83-77)79(81,73-51-67(59-35-19-7-20-36-59)45-68(52-73)60-37-21-8-22-38-60)74-53-69(61-39-23-9-24-40-61)46-70(54-74)62-41-25-10-26-42-62/h3-54,75-76,80-81H,1-2H3/t75-,76-/m1/s1. The van der Waals surface area contributed by atoms with E-state index >= 15 is 10.2 Å². The van der Waals surface area contributed by atoms with Gasteiger partial charge in [-0.25, -0.2) is 0 Å². The molecule has 2 N–H and O–H groups in total. The van der Waals surface area contributed by atoms with Gasteiger partial charge in [-0.15, -0.1) is 0 Å². The Bertz CT molecular complexity index is 3410. The fourth-order valence-electron chi connectivity index (χ4n) is 12.1. The highest BCUT2D eigenvalue weighted by Crippen LogP contribution is 2.54. The van der Waals surface area contributed by atoms with Crippen LogP contribution in [0.3, 0.4) is 0 Å². The van der Waals surface area contributed by atoms with Gasteiger partial charge in [0, 0.05) is 0 Å². The molecule has 0 bridgehead atoms. The van der Waals surface area contributed by atoms with Gasteiger partial charge in [-0.3, -0.25) is 0 Å². The summed E-state index contributed by atoms with van der Waals surface area (Å²) in [7, 11) is 0. The van der Waals surface area contributed by atoms with Crippen LogP contribution in [0.25, 0.3) is 89.0 Å². The van der Waals surface area contributed by atoms with Crippen LogP contribution < -0.4 is 0 Å². The molecule has 1 saturated heterocycles. The van der Waals surface area contributed by atoms with E-state index in [4.69, 9.17) is 9.47 Å². The van der Waals surface area contributed by atoms with Crippen LogP contribution in [-0.2, 0) is 20.7 Å². The van der Waals surface area contributed by atoms with Crippen LogP contribution in [0.15, 0.2) is 315 Å². The lowest BCUT2D eigenvalue weighted by Crippen LogP contribution is -2.55. The fourth-order valence-corrected chi connectivity index (χ4v) is 12.1. The summed E-state index contributed by atoms with van der Waals surface area (Å²) in [6.07, 6.45) is -2.62. The second-order valence-corrected chi connectivity index (χ2v) is 22.1. The van der Waals surface area contributed by atoms with E-state index in [9.17, 15) is 0 Å². The number of hydrogen-bond acceptors (Lipinski definition) is 4. The fraction of sp³-hybridized carbons (Fsp3) is 0.0886. The summed E-state index contributed by atoms with van der Waals surface area (Å²) >= 11 is 0. The molecule has 0 unspecified atom stereocenters. The summed E-state index contributed by atoms with van der Waals surface area (Å²) in [6, 6.07) is 108. The maximum Gasteiger partial charge on any atom is 0.164 e. The lowest BCUT2D eigenvalue weighted by Gasteiger charge is -2.43. The Kier molecular flexibility index (Phi) is 14.3. The van der Waals surface area contributed by atoms with Gasteiger partial charge in [0.1, 0.15) is 23.4 Å². The lowest BCUT2D eigenvalue weighted by atomic mass is 9.70. The molecule has 83 heavy (non-hydrogen) atoms. The Morgan fingerprint density at radius 2 is 0.373 bits per heavy atom. The first-order valence-corrected chi connectivity index (χ1v) is 28.5. The maximum atomic E-state index is 15.4. The van der Waals surface area contributed by atoms with Crippen LogP contribution in [0.1, 0.15) is 36.1 Å². The molecule has 1 aliphatic rings. The SMILES string of the molecule is CC1(C)O[C@@H](C(O)(c2cc(-c3ccccc3)cc(-c3ccccc3)c2)c2cc(-c3ccccc3)cc(-c3ccccc3)c2)[C@H](C(O)(c2cc(-c3ccccc3)cc(-c3ccccc3)c2)c2cc(-c3ccccc3)cc(-c3ccccc3)c2)O1. The largest absolute Gasteiger partial charge is 0.378 e. The molecule has 12 aromatic rings. The number of rotatable bonds is 14. The molecule has 1 heterocycles. The third kappa shape index (κ3) is 10.6. The van der Waals surface area contributed by atoms with Crippen molar-refractivity contribution in [3.8, 4) is 89.0 Å². The van der Waals surface area contributed by atoms with Crippen molar-refractivity contribution in [2.24, 2.45) is 0 Å². The Hall–Kier alpha value is -9.52. The van der Waals surface area contributed by atoms with Crippen LogP contribution in [-0.4, -0.2) is 28.2 Å². The van der Waals surface area contributed by atoms with E-state index in [0.29, 0.717) is 22.3 Å². The summed E-state index contributed by atoms with van der Waals surface area (Å²) in [5, 5.41) is 30.8. The van der Waals surface area contributed by atoms with Crippen molar-refractivity contribution >= 4 is 0 Å². The van der Waals surface area contributed by atoms with Crippen LogP contribution in [0.4, 0.5) is 0 Å². The molecule has 0 aliphatic carbocycles. The van der Waals surface area contributed by atoms with Gasteiger partial charge in [0.25, 0.3) is 0 Å². The zero-order valence-corrected chi connectivity index (χ0v) is 46.4. The molecule has 0 amide bonds. The van der Waals surface area contributed by atoms with Gasteiger partial charge in [-0.2, -0.15) is 0 Å². The molecule has 1 fully saturated rings. The first-order valence-electron chi connectivity index (χ1n) is 28.5. The van der Waals surface area contributed by atoms with Crippen molar-refractivity contribution in [3.05, 3.63) is 338 Å². The molecule has 1 aliphatic heterocycles. The quantitative estimate of drug-likeness (QED) is 0.114. The Morgan fingerprint density at radius 1 is 0.229 bits per heavy atom. The Balaban J connectivity index is 1.16. The van der Waals surface area contributed by atoms with E-state index in [0.717, 1.165) is 89.0 Å². The van der Waals surface area contributed by atoms with E-state index in [1.54, 1.807) is 0 Å². The van der Waals surface area contributed by atoms with E-state index in [2.05, 4.69) is 170 Å². The number of aliphatic hydroxyl groups is 2. The van der Waals surface area contributed by atoms with E-state index < -0.39 is 29.2 Å². The first-order chi connectivity index (χ1) is 40.6. The van der Waals surface area contributed by atoms with Crippen LogP contribution >= 0.6 is 0 Å². The van der Waals surface area contributed by atoms with Crippen molar-refractivity contribution in [2.75, 3.05) is 0 Å². The third-order valence-corrected chi connectivity index (χ3v) is 16.3. The Labute approximate surface area is 486 Å². The van der Waals surface area contributed by atoms with E-state index in [-0.39, 0.29) is 0 Å². The van der Waals surface area contributed by atoms with Crippen LogP contribution in [0.2, 0.25) is 0 Å². The summed E-state index contributed by atoms with van der Waals surface area (Å²) in [5.41, 5.74) is 13.1. The smallest absolute Gasteiger partial charge is 0.164 e. The monoisotopic (exact) mass is 1070 g/mol. The lowest BCUT2D eigenvalue weighted by molar-refractivity contribution is -0.172. The molecule has 0 aromatic heterocycles. The van der Waals surface area contributed by atoms with Gasteiger partial charge in [-0.1, -0.05) is 243 Å². The summed E-state index contributed by atoms with van der Waals surface area (Å²) in [6.45, 7) is 3.77. The van der Waals surface area contributed by atoms with Gasteiger partial charge in [0.2, 0.25) is 0 Å². The topological polar surface area (TPSA) is 58.9 Å². The number of benzene rings is 12. The van der Waals surface area contributed by atoms with Crippen molar-refractivity contribution < 1.29 is 19.7 Å². The number of hydrogen-bond donors (Lipinski definition) is 2. The van der Waals surface area contributed by atoms with Crippen molar-refractivity contribution in [1.82, 2.24) is 0 Å². The molecule has 4 nitrogen and oxygen atoms in total. The first kappa shape index (κ1) is 52.8. The van der Waals surface area contributed by atoms with Crippen LogP contribution in [0, 0.1) is 0 Å². The minimum atomic E-state index is -2.08. The van der Waals surface area contributed by atoms with Gasteiger partial charge >= 0.3 is 0 Å². The van der Waals surface area contributed by atoms with Crippen LogP contribution in [0.5, 0.6) is 0 Å². The molecule has 2 atom stereocenters. The second kappa shape index (κ2) is 22.4. The molecular formula is C79H62O4. The normalized spacial score (nSPS) is 15.0. The van der Waals surface area contributed by atoms with E-state index in [1.165, 1.54) is 0 Å². The van der Waals surface area contributed by atoms with Crippen molar-refractivity contribution in [2.45, 2.75) is 43.0 Å². The summed E-state index contributed by atoms with van der Waals surface area (Å²) < 4.78 is 15.1. The zero-order chi connectivity index (χ0) is 56.4. The molecule has 0 radical (unpaired) electrons. The highest BCUT2D eigenvalue weighted by molar-refractivity contribution is 5.81. The molecule has 402 valence electrons. The molecule has 13 rings (SSSR count). The minimum Gasteiger partial charge on any atom is -0.378 e. The van der Waals surface area contributed by atoms with Crippen molar-refractivity contribution in [3.63, 3.8) is 0 Å². The maximum absolute atomic E-state index is 15.4. The minimum absolute atomic E-state index is 0.562. The Morgan fingerprint density at radius 3 is 0.518 bits per heavy atom. The molecule has 0 spiro atoms. The highest BCUT2D eigenvalue weighted by Gasteiger charge is 2.62. The molecular weight excluding hydrogens is 1010 g/mol. The molecule has 12 aromatic carbocycles. The van der Waals surface area contributed by atoms with Gasteiger partial charge < -0.3 is 19.7 Å². The highest BCUT2D eigenvalue weighted by atomic mass is 16.8. The summed E-state index contributed by atoms with van der Waals surface area (Å²) in [4.78, 5) is 0. The average Bonchev–Trinajstić information content (AvgIpc) is 2.58. The van der Waals surface area contributed by atoms with Gasteiger partial charge in [0.05, 0.1) is 0 Å². The van der Waals surface area contributed by atoms with Gasteiger partial charge in [0.15, 0.2) is 5.79 Å². The van der Waals surface area contributed by atoms with E-state index in [1.807, 2.05) is 159 Å². The molecule has 0 saturated carbocycles. The predicted octanol–water partition coefficient (Wildman–Crippen LogP) is 18.7. The predicted molar refractivity (Wildman–Crippen MR) is 339 cm³/mol. The zero-order valence-electron chi connectivity index (χ0n) is 46.4. The second-order valence-electron chi connectivity index (χ2n) is 22.1. The van der Waals surface area contributed by atoms with Crippen molar-refractivity contribution in [1.29, 1.82) is 0 Å². The summed E-state index contributed by atoms with van der Waals surface area (Å²) in [5.74, 6) is -1.37. The average molecular weight is 1080 g/mol.